The Labute approximate surface area is 118 Å². The Morgan fingerprint density at radius 2 is 2.33 bits per heavy atom. The van der Waals surface area contributed by atoms with Crippen LogP contribution in [0.2, 0.25) is 0 Å². The van der Waals surface area contributed by atoms with Gasteiger partial charge in [0.2, 0.25) is 0 Å². The summed E-state index contributed by atoms with van der Waals surface area (Å²) in [5.41, 5.74) is 1.27. The van der Waals surface area contributed by atoms with E-state index in [1.165, 1.54) is 21.8 Å². The van der Waals surface area contributed by atoms with Gasteiger partial charge in [-0.05, 0) is 6.07 Å². The SMILES string of the molecule is Cn1nccc1C(=O)NCCn1c(=O)[nH]c2cncnc21. The molecule has 0 saturated carbocycles. The number of carbonyl (C=O) groups is 1. The van der Waals surface area contributed by atoms with Crippen molar-refractivity contribution in [3.8, 4) is 0 Å². The van der Waals surface area contributed by atoms with Crippen LogP contribution >= 0.6 is 0 Å². The summed E-state index contributed by atoms with van der Waals surface area (Å²) in [6, 6.07) is 1.63. The molecule has 0 spiro atoms. The van der Waals surface area contributed by atoms with Gasteiger partial charge in [0.15, 0.2) is 5.65 Å². The fourth-order valence-corrected chi connectivity index (χ4v) is 2.08. The first-order valence-electron chi connectivity index (χ1n) is 6.31. The van der Waals surface area contributed by atoms with Crippen LogP contribution in [0.15, 0.2) is 29.6 Å². The van der Waals surface area contributed by atoms with E-state index in [1.807, 2.05) is 0 Å². The van der Waals surface area contributed by atoms with Crippen molar-refractivity contribution in [1.82, 2.24) is 34.6 Å². The van der Waals surface area contributed by atoms with Crippen LogP contribution in [0.5, 0.6) is 0 Å². The lowest BCUT2D eigenvalue weighted by atomic mass is 10.4. The van der Waals surface area contributed by atoms with Gasteiger partial charge in [-0.2, -0.15) is 5.10 Å². The number of nitrogens with one attached hydrogen (secondary N) is 2. The molecule has 3 rings (SSSR count). The Morgan fingerprint density at radius 1 is 1.48 bits per heavy atom. The minimum absolute atomic E-state index is 0.238. The van der Waals surface area contributed by atoms with Crippen LogP contribution < -0.4 is 11.0 Å². The van der Waals surface area contributed by atoms with Crippen LogP contribution in [-0.4, -0.2) is 41.8 Å². The highest BCUT2D eigenvalue weighted by molar-refractivity contribution is 5.92. The van der Waals surface area contributed by atoms with E-state index in [1.54, 1.807) is 19.3 Å². The number of rotatable bonds is 4. The molecule has 0 aliphatic carbocycles. The molecule has 1 amide bonds. The van der Waals surface area contributed by atoms with Crippen molar-refractivity contribution in [2.75, 3.05) is 6.54 Å². The van der Waals surface area contributed by atoms with Crippen LogP contribution in [0.25, 0.3) is 11.2 Å². The van der Waals surface area contributed by atoms with Crippen molar-refractivity contribution in [3.63, 3.8) is 0 Å². The predicted molar refractivity (Wildman–Crippen MR) is 73.7 cm³/mol. The van der Waals surface area contributed by atoms with Gasteiger partial charge < -0.3 is 10.3 Å². The zero-order valence-corrected chi connectivity index (χ0v) is 11.3. The number of imidazole rings is 1. The largest absolute Gasteiger partial charge is 0.349 e. The molecule has 3 aromatic rings. The fraction of sp³-hybridized carbons (Fsp3) is 0.250. The maximum absolute atomic E-state index is 11.9. The number of H-pyrrole nitrogens is 1. The summed E-state index contributed by atoms with van der Waals surface area (Å²) in [7, 11) is 1.69. The number of aromatic amines is 1. The van der Waals surface area contributed by atoms with Gasteiger partial charge >= 0.3 is 5.69 Å². The lowest BCUT2D eigenvalue weighted by molar-refractivity contribution is 0.0943. The van der Waals surface area contributed by atoms with E-state index >= 15 is 0 Å². The van der Waals surface area contributed by atoms with Gasteiger partial charge in [-0.15, -0.1) is 0 Å². The number of hydrogen-bond acceptors (Lipinski definition) is 5. The van der Waals surface area contributed by atoms with Crippen molar-refractivity contribution in [3.05, 3.63) is 41.0 Å². The molecule has 0 aromatic carbocycles. The second kappa shape index (κ2) is 5.19. The molecule has 3 aromatic heterocycles. The van der Waals surface area contributed by atoms with E-state index in [9.17, 15) is 9.59 Å². The number of nitrogens with zero attached hydrogens (tertiary/aromatic N) is 5. The van der Waals surface area contributed by atoms with Gasteiger partial charge in [-0.25, -0.2) is 14.8 Å². The molecule has 0 atom stereocenters. The molecule has 0 saturated heterocycles. The molecule has 0 fully saturated rings. The van der Waals surface area contributed by atoms with Crippen LogP contribution in [0.1, 0.15) is 10.5 Å². The monoisotopic (exact) mass is 287 g/mol. The molecule has 21 heavy (non-hydrogen) atoms. The average Bonchev–Trinajstić information content (AvgIpc) is 3.03. The summed E-state index contributed by atoms with van der Waals surface area (Å²) in [5, 5.41) is 6.67. The molecule has 2 N–H and O–H groups in total. The number of carbonyl (C=O) groups excluding carboxylic acids is 1. The Morgan fingerprint density at radius 3 is 3.10 bits per heavy atom. The molecule has 9 nitrogen and oxygen atoms in total. The lowest BCUT2D eigenvalue weighted by Crippen LogP contribution is -2.31. The Balaban J connectivity index is 1.70. The maximum atomic E-state index is 11.9. The highest BCUT2D eigenvalue weighted by Crippen LogP contribution is 2.03. The van der Waals surface area contributed by atoms with Gasteiger partial charge in [0, 0.05) is 26.3 Å². The second-order valence-electron chi connectivity index (χ2n) is 4.44. The Bertz CT molecular complexity index is 845. The van der Waals surface area contributed by atoms with Crippen molar-refractivity contribution in [1.29, 1.82) is 0 Å². The molecular weight excluding hydrogens is 274 g/mol. The van der Waals surface area contributed by atoms with Crippen molar-refractivity contribution in [2.24, 2.45) is 7.05 Å². The normalized spacial score (nSPS) is 10.9. The molecule has 0 radical (unpaired) electrons. The molecule has 0 aliphatic rings. The van der Waals surface area contributed by atoms with E-state index in [0.717, 1.165) is 0 Å². The van der Waals surface area contributed by atoms with E-state index in [-0.39, 0.29) is 11.6 Å². The van der Waals surface area contributed by atoms with Crippen molar-refractivity contribution in [2.45, 2.75) is 6.54 Å². The Hall–Kier alpha value is -2.97. The highest BCUT2D eigenvalue weighted by atomic mass is 16.2. The molecule has 3 heterocycles. The van der Waals surface area contributed by atoms with Gasteiger partial charge in [0.25, 0.3) is 5.91 Å². The van der Waals surface area contributed by atoms with Crippen LogP contribution in [0, 0.1) is 0 Å². The number of aryl methyl sites for hydroxylation is 1. The second-order valence-corrected chi connectivity index (χ2v) is 4.44. The number of amides is 1. The minimum atomic E-state index is -0.278. The summed E-state index contributed by atoms with van der Waals surface area (Å²) < 4.78 is 2.95. The highest BCUT2D eigenvalue weighted by Gasteiger charge is 2.11. The summed E-state index contributed by atoms with van der Waals surface area (Å²) in [6.07, 6.45) is 4.46. The third-order valence-corrected chi connectivity index (χ3v) is 3.11. The summed E-state index contributed by atoms with van der Waals surface area (Å²) in [4.78, 5) is 34.3. The molecule has 108 valence electrons. The van der Waals surface area contributed by atoms with Gasteiger partial charge in [-0.3, -0.25) is 14.0 Å². The Kier molecular flexibility index (Phi) is 3.22. The average molecular weight is 287 g/mol. The van der Waals surface area contributed by atoms with E-state index < -0.39 is 0 Å². The van der Waals surface area contributed by atoms with Crippen molar-refractivity contribution < 1.29 is 4.79 Å². The first kappa shape index (κ1) is 13.0. The van der Waals surface area contributed by atoms with Crippen LogP contribution in [-0.2, 0) is 13.6 Å². The number of aromatic nitrogens is 6. The summed E-state index contributed by atoms with van der Waals surface area (Å²) in [6.45, 7) is 0.625. The molecular formula is C12H13N7O2. The maximum Gasteiger partial charge on any atom is 0.327 e. The summed E-state index contributed by atoms with van der Waals surface area (Å²) >= 11 is 0. The number of hydrogen-bond donors (Lipinski definition) is 2. The topological polar surface area (TPSA) is 110 Å². The lowest BCUT2D eigenvalue weighted by Gasteiger charge is -2.06. The number of fused-ring (bicyclic) bond motifs is 1. The van der Waals surface area contributed by atoms with Crippen LogP contribution in [0.3, 0.4) is 0 Å². The predicted octanol–water partition coefficient (Wildman–Crippen LogP) is -0.717. The summed E-state index contributed by atoms with van der Waals surface area (Å²) in [5.74, 6) is -0.238. The van der Waals surface area contributed by atoms with E-state index in [4.69, 9.17) is 0 Å². The van der Waals surface area contributed by atoms with E-state index in [2.05, 4.69) is 25.4 Å². The van der Waals surface area contributed by atoms with E-state index in [0.29, 0.717) is 29.9 Å². The first-order valence-corrected chi connectivity index (χ1v) is 6.31. The third-order valence-electron chi connectivity index (χ3n) is 3.11. The molecule has 0 aliphatic heterocycles. The molecule has 9 heteroatoms. The van der Waals surface area contributed by atoms with Gasteiger partial charge in [0.05, 0.1) is 6.20 Å². The van der Waals surface area contributed by atoms with Crippen molar-refractivity contribution >= 4 is 17.1 Å². The first-order chi connectivity index (χ1) is 10.2. The zero-order chi connectivity index (χ0) is 14.8. The molecule has 0 bridgehead atoms. The molecule has 0 unspecified atom stereocenters. The van der Waals surface area contributed by atoms with Gasteiger partial charge in [0.1, 0.15) is 17.5 Å². The smallest absolute Gasteiger partial charge is 0.327 e. The van der Waals surface area contributed by atoms with Crippen LogP contribution in [0.4, 0.5) is 0 Å². The fourth-order valence-electron chi connectivity index (χ4n) is 2.08. The standard InChI is InChI=1S/C12H13N7O2/c1-18-9(2-3-16-18)11(20)14-4-5-19-10-8(17-12(19)21)6-13-7-15-10/h2-3,6-7H,4-5H2,1H3,(H,14,20)(H,17,21). The third kappa shape index (κ3) is 2.40. The van der Waals surface area contributed by atoms with Gasteiger partial charge in [-0.1, -0.05) is 0 Å². The quantitative estimate of drug-likeness (QED) is 0.658. The minimum Gasteiger partial charge on any atom is -0.349 e. The zero-order valence-electron chi connectivity index (χ0n) is 11.3.